The Morgan fingerprint density at radius 2 is 1.74 bits per heavy atom. The third kappa shape index (κ3) is 6.12. The van der Waals surface area contributed by atoms with Crippen molar-refractivity contribution >= 4 is 34.8 Å². The second kappa shape index (κ2) is 8.80. The zero-order valence-electron chi connectivity index (χ0n) is 12.9. The number of carbonyl (C=O) groups is 1. The molecular weight excluding hydrogens is 333 g/mol. The van der Waals surface area contributed by atoms with Gasteiger partial charge >= 0.3 is 0 Å². The summed E-state index contributed by atoms with van der Waals surface area (Å²) in [5.74, 6) is 0.231. The smallest absolute Gasteiger partial charge is 0.262 e. The van der Waals surface area contributed by atoms with Crippen LogP contribution in [0.5, 0.6) is 5.75 Å². The fourth-order valence-corrected chi connectivity index (χ4v) is 2.60. The monoisotopic (exact) mass is 351 g/mol. The molecular formula is C18H19Cl2NO2. The second-order valence-electron chi connectivity index (χ2n) is 5.24. The number of nitrogens with one attached hydrogen (secondary N) is 1. The molecule has 5 heteroatoms. The van der Waals surface area contributed by atoms with Crippen molar-refractivity contribution in [2.24, 2.45) is 0 Å². The Kier molecular flexibility index (Phi) is 6.75. The van der Waals surface area contributed by atoms with Crippen LogP contribution in [0.1, 0.15) is 25.3 Å². The highest BCUT2D eigenvalue weighted by atomic mass is 35.5. The number of amides is 1. The number of benzene rings is 2. The summed E-state index contributed by atoms with van der Waals surface area (Å²) >= 11 is 11.8. The van der Waals surface area contributed by atoms with Gasteiger partial charge in [-0.3, -0.25) is 4.79 Å². The first kappa shape index (κ1) is 17.6. The molecule has 0 aliphatic carbocycles. The summed E-state index contributed by atoms with van der Waals surface area (Å²) in [6.07, 6.45) is 3.40. The molecule has 1 amide bonds. The molecule has 0 spiro atoms. The summed E-state index contributed by atoms with van der Waals surface area (Å²) in [7, 11) is 0. The number of hydrogen-bond acceptors (Lipinski definition) is 2. The maximum atomic E-state index is 11.9. The van der Waals surface area contributed by atoms with E-state index in [1.54, 1.807) is 18.2 Å². The number of aryl methyl sites for hydroxylation is 1. The van der Waals surface area contributed by atoms with E-state index < -0.39 is 0 Å². The summed E-state index contributed by atoms with van der Waals surface area (Å²) in [4.78, 5) is 11.9. The van der Waals surface area contributed by atoms with Crippen LogP contribution < -0.4 is 10.1 Å². The lowest BCUT2D eigenvalue weighted by molar-refractivity contribution is -0.118. The summed E-state index contributed by atoms with van der Waals surface area (Å²) in [6.45, 7) is 2.07. The van der Waals surface area contributed by atoms with Gasteiger partial charge < -0.3 is 10.1 Å². The largest absolute Gasteiger partial charge is 0.484 e. The van der Waals surface area contributed by atoms with Crippen LogP contribution in [0.3, 0.4) is 0 Å². The lowest BCUT2D eigenvalue weighted by Gasteiger charge is -2.09. The van der Waals surface area contributed by atoms with E-state index in [1.807, 2.05) is 24.3 Å². The van der Waals surface area contributed by atoms with Crippen LogP contribution in [0.15, 0.2) is 42.5 Å². The molecule has 0 aromatic heterocycles. The summed E-state index contributed by atoms with van der Waals surface area (Å²) in [5.41, 5.74) is 2.03. The Morgan fingerprint density at radius 3 is 2.35 bits per heavy atom. The van der Waals surface area contributed by atoms with Crippen LogP contribution in [0, 0.1) is 0 Å². The van der Waals surface area contributed by atoms with Crippen molar-refractivity contribution in [3.8, 4) is 5.75 Å². The maximum Gasteiger partial charge on any atom is 0.262 e. The van der Waals surface area contributed by atoms with Gasteiger partial charge in [-0.05, 0) is 48.7 Å². The lowest BCUT2D eigenvalue weighted by Crippen LogP contribution is -2.20. The predicted octanol–water partition coefficient (Wildman–Crippen LogP) is 5.35. The van der Waals surface area contributed by atoms with Crippen molar-refractivity contribution in [3.05, 3.63) is 58.1 Å². The molecule has 0 bridgehead atoms. The molecule has 0 unspecified atom stereocenters. The molecule has 0 fully saturated rings. The maximum absolute atomic E-state index is 11.9. The van der Waals surface area contributed by atoms with Gasteiger partial charge in [0.05, 0.1) is 0 Å². The average Bonchev–Trinajstić information content (AvgIpc) is 2.51. The van der Waals surface area contributed by atoms with Gasteiger partial charge in [0.2, 0.25) is 0 Å². The highest BCUT2D eigenvalue weighted by Gasteiger charge is 2.05. The fraction of sp³-hybridized carbons (Fsp3) is 0.278. The molecule has 0 aliphatic heterocycles. The Hall–Kier alpha value is -1.71. The molecule has 3 nitrogen and oxygen atoms in total. The summed E-state index contributed by atoms with van der Waals surface area (Å²) in [6, 6.07) is 12.7. The molecule has 0 aliphatic rings. The third-order valence-corrected chi connectivity index (χ3v) is 3.70. The minimum atomic E-state index is -0.234. The first-order valence-corrected chi connectivity index (χ1v) is 8.30. The molecule has 0 heterocycles. The second-order valence-corrected chi connectivity index (χ2v) is 6.12. The predicted molar refractivity (Wildman–Crippen MR) is 95.6 cm³/mol. The van der Waals surface area contributed by atoms with Crippen LogP contribution in [0.25, 0.3) is 0 Å². The Balaban J connectivity index is 1.84. The van der Waals surface area contributed by atoms with Crippen molar-refractivity contribution in [2.45, 2.75) is 26.2 Å². The highest BCUT2D eigenvalue weighted by Crippen LogP contribution is 2.24. The van der Waals surface area contributed by atoms with Gasteiger partial charge in [-0.1, -0.05) is 48.7 Å². The van der Waals surface area contributed by atoms with E-state index in [0.717, 1.165) is 12.1 Å². The number of rotatable bonds is 7. The number of unbranched alkanes of at least 4 members (excludes halogenated alkanes) is 1. The van der Waals surface area contributed by atoms with Crippen LogP contribution in [0.2, 0.25) is 10.0 Å². The van der Waals surface area contributed by atoms with Crippen molar-refractivity contribution in [2.75, 3.05) is 11.9 Å². The molecule has 1 N–H and O–H groups in total. The van der Waals surface area contributed by atoms with E-state index in [2.05, 4.69) is 12.2 Å². The summed E-state index contributed by atoms with van der Waals surface area (Å²) in [5, 5.41) is 3.73. The Bertz CT molecular complexity index is 636. The molecule has 0 saturated carbocycles. The standard InChI is InChI=1S/C18H19Cl2NO2/c1-2-3-4-13-5-7-16(8-6-13)21-18(22)12-23-17-10-14(19)9-15(20)11-17/h5-11H,2-4,12H2,1H3,(H,21,22). The normalized spacial score (nSPS) is 10.4. The Labute approximate surface area is 146 Å². The van der Waals surface area contributed by atoms with E-state index in [4.69, 9.17) is 27.9 Å². The van der Waals surface area contributed by atoms with Gasteiger partial charge in [0.1, 0.15) is 5.75 Å². The van der Waals surface area contributed by atoms with Crippen LogP contribution in [-0.2, 0) is 11.2 Å². The number of halogens is 2. The fourth-order valence-electron chi connectivity index (χ4n) is 2.09. The van der Waals surface area contributed by atoms with Gasteiger partial charge in [0.25, 0.3) is 5.91 Å². The number of carbonyl (C=O) groups excluding carboxylic acids is 1. The summed E-state index contributed by atoms with van der Waals surface area (Å²) < 4.78 is 5.40. The lowest BCUT2D eigenvalue weighted by atomic mass is 10.1. The van der Waals surface area contributed by atoms with Crippen molar-refractivity contribution in [1.82, 2.24) is 0 Å². The highest BCUT2D eigenvalue weighted by molar-refractivity contribution is 6.34. The van der Waals surface area contributed by atoms with E-state index in [9.17, 15) is 4.79 Å². The van der Waals surface area contributed by atoms with Gasteiger partial charge in [0, 0.05) is 15.7 Å². The SMILES string of the molecule is CCCCc1ccc(NC(=O)COc2cc(Cl)cc(Cl)c2)cc1. The van der Waals surface area contributed by atoms with E-state index in [-0.39, 0.29) is 12.5 Å². The van der Waals surface area contributed by atoms with E-state index >= 15 is 0 Å². The minimum absolute atomic E-state index is 0.103. The van der Waals surface area contributed by atoms with Crippen molar-refractivity contribution in [1.29, 1.82) is 0 Å². The zero-order chi connectivity index (χ0) is 16.7. The van der Waals surface area contributed by atoms with Crippen molar-refractivity contribution in [3.63, 3.8) is 0 Å². The van der Waals surface area contributed by atoms with Gasteiger partial charge in [-0.2, -0.15) is 0 Å². The molecule has 122 valence electrons. The number of ether oxygens (including phenoxy) is 1. The quantitative estimate of drug-likeness (QED) is 0.729. The Morgan fingerprint density at radius 1 is 1.09 bits per heavy atom. The first-order valence-electron chi connectivity index (χ1n) is 7.54. The van der Waals surface area contributed by atoms with Gasteiger partial charge in [-0.25, -0.2) is 0 Å². The molecule has 0 saturated heterocycles. The number of anilines is 1. The molecule has 2 aromatic rings. The zero-order valence-corrected chi connectivity index (χ0v) is 14.5. The van der Waals surface area contributed by atoms with Gasteiger partial charge in [0.15, 0.2) is 6.61 Å². The van der Waals surface area contributed by atoms with Crippen molar-refractivity contribution < 1.29 is 9.53 Å². The van der Waals surface area contributed by atoms with E-state index in [1.165, 1.54) is 18.4 Å². The van der Waals surface area contributed by atoms with Crippen LogP contribution >= 0.6 is 23.2 Å². The number of hydrogen-bond donors (Lipinski definition) is 1. The molecule has 2 aromatic carbocycles. The molecule has 2 rings (SSSR count). The van der Waals surface area contributed by atoms with Gasteiger partial charge in [-0.15, -0.1) is 0 Å². The third-order valence-electron chi connectivity index (χ3n) is 3.26. The average molecular weight is 352 g/mol. The van der Waals surface area contributed by atoms with Crippen LogP contribution in [0.4, 0.5) is 5.69 Å². The molecule has 0 atom stereocenters. The topological polar surface area (TPSA) is 38.3 Å². The molecule has 23 heavy (non-hydrogen) atoms. The molecule has 0 radical (unpaired) electrons. The van der Waals surface area contributed by atoms with E-state index in [0.29, 0.717) is 15.8 Å². The van der Waals surface area contributed by atoms with Crippen LogP contribution in [-0.4, -0.2) is 12.5 Å². The first-order chi connectivity index (χ1) is 11.1. The minimum Gasteiger partial charge on any atom is -0.484 e.